The normalized spacial score (nSPS) is 46.4. The molecule has 0 aromatic heterocycles. The largest absolute Gasteiger partial charge is 0.394 e. The Labute approximate surface area is 73.7 Å². The zero-order valence-corrected chi connectivity index (χ0v) is 6.61. The number of hydrogen-bond donors (Lipinski definition) is 4. The van der Waals surface area contributed by atoms with Gasteiger partial charge < -0.3 is 25.2 Å². The molecule has 0 aliphatic carbocycles. The maximum Gasteiger partial charge on any atom is 0.223 e. The van der Waals surface area contributed by atoms with Crippen LogP contribution in [0.4, 0.5) is 0 Å². The minimum atomic E-state index is -1.62. The summed E-state index contributed by atoms with van der Waals surface area (Å²) in [7, 11) is 0. The molecule has 1 radical (unpaired) electrons. The van der Waals surface area contributed by atoms with Crippen LogP contribution >= 0.6 is 0 Å². The summed E-state index contributed by atoms with van der Waals surface area (Å²) in [6.07, 6.45) is -7.32. The molecule has 1 aliphatic rings. The van der Waals surface area contributed by atoms with Crippen LogP contribution in [0.1, 0.15) is 0 Å². The van der Waals surface area contributed by atoms with E-state index in [9.17, 15) is 5.26 Å². The molecule has 1 rings (SSSR count). The Bertz CT molecular complexity index is 143. The summed E-state index contributed by atoms with van der Waals surface area (Å²) >= 11 is 0. The number of rotatable bonds is 2. The Hall–Kier alpha value is -0.280. The summed E-state index contributed by atoms with van der Waals surface area (Å²) in [5, 5.41) is 46.0. The smallest absolute Gasteiger partial charge is 0.223 e. The SMILES string of the molecule is [O]OC1O[C@H](CO)[C@@H](O)[C@H](O)[C@H]1O. The highest BCUT2D eigenvalue weighted by molar-refractivity contribution is 4.88. The first-order valence-electron chi connectivity index (χ1n) is 3.71. The van der Waals surface area contributed by atoms with Gasteiger partial charge in [-0.2, -0.15) is 4.89 Å². The maximum absolute atomic E-state index is 9.95. The van der Waals surface area contributed by atoms with Crippen molar-refractivity contribution in [2.75, 3.05) is 6.61 Å². The quantitative estimate of drug-likeness (QED) is 0.278. The first kappa shape index (κ1) is 10.8. The van der Waals surface area contributed by atoms with Crippen LogP contribution in [0, 0.1) is 0 Å². The molecule has 7 nitrogen and oxygen atoms in total. The second kappa shape index (κ2) is 4.29. The molecule has 1 unspecified atom stereocenters. The Kier molecular flexibility index (Phi) is 3.56. The average Bonchev–Trinajstić information content (AvgIpc) is 2.15. The molecular formula is C6H11O7. The van der Waals surface area contributed by atoms with Gasteiger partial charge in [-0.3, -0.25) is 0 Å². The van der Waals surface area contributed by atoms with Crippen LogP contribution in [0.2, 0.25) is 0 Å². The summed E-state index contributed by atoms with van der Waals surface area (Å²) in [4.78, 5) is 3.45. The van der Waals surface area contributed by atoms with Gasteiger partial charge in [-0.05, 0) is 5.26 Å². The van der Waals surface area contributed by atoms with Crippen molar-refractivity contribution in [1.29, 1.82) is 0 Å². The van der Waals surface area contributed by atoms with E-state index in [1.54, 1.807) is 0 Å². The van der Waals surface area contributed by atoms with E-state index in [2.05, 4.69) is 9.62 Å². The molecule has 0 saturated carbocycles. The van der Waals surface area contributed by atoms with E-state index in [0.717, 1.165) is 0 Å². The average molecular weight is 195 g/mol. The monoisotopic (exact) mass is 195 g/mol. The van der Waals surface area contributed by atoms with Gasteiger partial charge in [0.1, 0.15) is 24.4 Å². The lowest BCUT2D eigenvalue weighted by molar-refractivity contribution is -0.435. The third-order valence-corrected chi connectivity index (χ3v) is 1.94. The highest BCUT2D eigenvalue weighted by atomic mass is 17.1. The third kappa shape index (κ3) is 1.97. The van der Waals surface area contributed by atoms with Crippen LogP contribution < -0.4 is 0 Å². The fourth-order valence-corrected chi connectivity index (χ4v) is 1.15. The standard InChI is InChI=1S/C6H11O7/c7-1-2-3(8)4(9)5(10)6(12-2)13-11/h2-10H,1H2/t2-,3-,4+,5-,6?/m1/s1. The van der Waals surface area contributed by atoms with Gasteiger partial charge in [-0.1, -0.05) is 0 Å². The lowest BCUT2D eigenvalue weighted by Gasteiger charge is -2.37. The predicted octanol–water partition coefficient (Wildman–Crippen LogP) is -2.85. The van der Waals surface area contributed by atoms with Gasteiger partial charge in [0.05, 0.1) is 6.61 Å². The Morgan fingerprint density at radius 3 is 2.23 bits per heavy atom. The first-order valence-corrected chi connectivity index (χ1v) is 3.71. The van der Waals surface area contributed by atoms with Crippen LogP contribution in [0.25, 0.3) is 0 Å². The Morgan fingerprint density at radius 1 is 1.15 bits per heavy atom. The van der Waals surface area contributed by atoms with E-state index < -0.39 is 37.3 Å². The Balaban J connectivity index is 2.66. The lowest BCUT2D eigenvalue weighted by Crippen LogP contribution is -2.58. The molecule has 1 heterocycles. The molecule has 5 atom stereocenters. The molecule has 7 heteroatoms. The van der Waals surface area contributed by atoms with E-state index in [1.165, 1.54) is 0 Å². The van der Waals surface area contributed by atoms with E-state index in [0.29, 0.717) is 0 Å². The van der Waals surface area contributed by atoms with E-state index in [1.807, 2.05) is 0 Å². The number of aliphatic hydroxyl groups is 4. The topological polar surface area (TPSA) is 119 Å². The van der Waals surface area contributed by atoms with Crippen molar-refractivity contribution in [3.05, 3.63) is 0 Å². The van der Waals surface area contributed by atoms with E-state index in [-0.39, 0.29) is 0 Å². The van der Waals surface area contributed by atoms with E-state index in [4.69, 9.17) is 20.4 Å². The van der Waals surface area contributed by atoms with Crippen LogP contribution in [0.15, 0.2) is 0 Å². The van der Waals surface area contributed by atoms with Gasteiger partial charge in [0.25, 0.3) is 0 Å². The molecule has 0 bridgehead atoms. The summed E-state index contributed by atoms with van der Waals surface area (Å²) in [5.41, 5.74) is 0. The highest BCUT2D eigenvalue weighted by Crippen LogP contribution is 2.21. The zero-order valence-electron chi connectivity index (χ0n) is 6.61. The van der Waals surface area contributed by atoms with Gasteiger partial charge in [0.15, 0.2) is 0 Å². The van der Waals surface area contributed by atoms with Gasteiger partial charge in [0, 0.05) is 0 Å². The van der Waals surface area contributed by atoms with Crippen molar-refractivity contribution in [2.24, 2.45) is 0 Å². The van der Waals surface area contributed by atoms with Crippen LogP contribution in [-0.4, -0.2) is 57.7 Å². The van der Waals surface area contributed by atoms with E-state index >= 15 is 0 Å². The molecule has 13 heavy (non-hydrogen) atoms. The number of hydrogen-bond acceptors (Lipinski definition) is 6. The van der Waals surface area contributed by atoms with Crippen molar-refractivity contribution in [1.82, 2.24) is 0 Å². The highest BCUT2D eigenvalue weighted by Gasteiger charge is 2.44. The van der Waals surface area contributed by atoms with Crippen molar-refractivity contribution < 1.29 is 35.3 Å². The third-order valence-electron chi connectivity index (χ3n) is 1.94. The number of ether oxygens (including phenoxy) is 1. The summed E-state index contributed by atoms with van der Waals surface area (Å²) in [5.74, 6) is 0. The van der Waals surface area contributed by atoms with Crippen molar-refractivity contribution >= 4 is 0 Å². The molecule has 1 fully saturated rings. The molecule has 0 aromatic carbocycles. The zero-order chi connectivity index (χ0) is 10.0. The predicted molar refractivity (Wildman–Crippen MR) is 35.5 cm³/mol. The van der Waals surface area contributed by atoms with Gasteiger partial charge in [-0.15, -0.1) is 0 Å². The van der Waals surface area contributed by atoms with Gasteiger partial charge in [-0.25, -0.2) is 0 Å². The molecular weight excluding hydrogens is 184 g/mol. The molecule has 0 aromatic rings. The fourth-order valence-electron chi connectivity index (χ4n) is 1.15. The molecule has 0 spiro atoms. The van der Waals surface area contributed by atoms with Crippen LogP contribution in [0.5, 0.6) is 0 Å². The number of aliphatic hydroxyl groups excluding tert-OH is 4. The lowest BCUT2D eigenvalue weighted by atomic mass is 9.99. The van der Waals surface area contributed by atoms with Gasteiger partial charge >= 0.3 is 0 Å². The van der Waals surface area contributed by atoms with Gasteiger partial charge in [0.2, 0.25) is 6.29 Å². The minimum Gasteiger partial charge on any atom is -0.394 e. The summed E-state index contributed by atoms with van der Waals surface area (Å²) in [6, 6.07) is 0. The summed E-state index contributed by atoms with van der Waals surface area (Å²) in [6.45, 7) is -0.579. The van der Waals surface area contributed by atoms with Crippen molar-refractivity contribution in [3.63, 3.8) is 0 Å². The second-order valence-electron chi connectivity index (χ2n) is 2.79. The molecule has 4 N–H and O–H groups in total. The van der Waals surface area contributed by atoms with Crippen LogP contribution in [-0.2, 0) is 14.9 Å². The fraction of sp³-hybridized carbons (Fsp3) is 1.00. The van der Waals surface area contributed by atoms with Crippen molar-refractivity contribution in [3.8, 4) is 0 Å². The van der Waals surface area contributed by atoms with Crippen molar-refractivity contribution in [2.45, 2.75) is 30.7 Å². The molecule has 1 aliphatic heterocycles. The Morgan fingerprint density at radius 2 is 1.77 bits per heavy atom. The maximum atomic E-state index is 9.95. The second-order valence-corrected chi connectivity index (χ2v) is 2.79. The first-order chi connectivity index (χ1) is 6.11. The molecule has 0 amide bonds. The molecule has 77 valence electrons. The molecule has 1 saturated heterocycles. The summed E-state index contributed by atoms with van der Waals surface area (Å²) < 4.78 is 4.63. The van der Waals surface area contributed by atoms with Crippen LogP contribution in [0.3, 0.4) is 0 Å². The minimum absolute atomic E-state index is 0.579.